The Labute approximate surface area is 141 Å². The monoisotopic (exact) mass is 318 g/mol. The Morgan fingerprint density at radius 1 is 1.04 bits per heavy atom. The first kappa shape index (κ1) is 16.1. The van der Waals surface area contributed by atoms with Crippen LogP contribution < -0.4 is 0 Å². The lowest BCUT2D eigenvalue weighted by Crippen LogP contribution is -2.56. The normalized spacial score (nSPS) is 55.9. The summed E-state index contributed by atoms with van der Waals surface area (Å²) in [5.74, 6) is 3.45. The molecule has 4 saturated carbocycles. The second kappa shape index (κ2) is 5.07. The van der Waals surface area contributed by atoms with E-state index in [0.717, 1.165) is 43.9 Å². The van der Waals surface area contributed by atoms with Gasteiger partial charge in [0.1, 0.15) is 5.78 Å². The van der Waals surface area contributed by atoms with Crippen molar-refractivity contribution in [3.05, 3.63) is 0 Å². The average molecular weight is 319 g/mol. The van der Waals surface area contributed by atoms with Crippen molar-refractivity contribution in [2.24, 2.45) is 34.5 Å². The highest BCUT2D eigenvalue weighted by molar-refractivity contribution is 5.79. The predicted octanol–water partition coefficient (Wildman–Crippen LogP) is 4.74. The summed E-state index contributed by atoms with van der Waals surface area (Å²) in [5.41, 5.74) is 0.102. The van der Waals surface area contributed by atoms with Crippen LogP contribution in [0.5, 0.6) is 0 Å². The van der Waals surface area contributed by atoms with E-state index < -0.39 is 5.60 Å². The van der Waals surface area contributed by atoms with Crippen molar-refractivity contribution >= 4 is 5.78 Å². The summed E-state index contributed by atoms with van der Waals surface area (Å²) in [4.78, 5) is 11.9. The van der Waals surface area contributed by atoms with Crippen LogP contribution in [0.1, 0.15) is 85.0 Å². The largest absolute Gasteiger partial charge is 0.389 e. The molecule has 7 atom stereocenters. The minimum atomic E-state index is -0.428. The van der Waals surface area contributed by atoms with E-state index in [1.807, 2.05) is 0 Å². The van der Waals surface area contributed by atoms with Gasteiger partial charge in [-0.1, -0.05) is 20.8 Å². The maximum absolute atomic E-state index is 11.9. The third-order valence-electron chi connectivity index (χ3n) is 9.39. The van der Waals surface area contributed by atoms with Gasteiger partial charge in [-0.05, 0) is 85.9 Å². The van der Waals surface area contributed by atoms with Gasteiger partial charge in [0.05, 0.1) is 5.60 Å². The van der Waals surface area contributed by atoms with E-state index in [0.29, 0.717) is 23.0 Å². The van der Waals surface area contributed by atoms with Crippen molar-refractivity contribution in [1.82, 2.24) is 0 Å². The van der Waals surface area contributed by atoms with Crippen LogP contribution in [-0.2, 0) is 4.79 Å². The van der Waals surface area contributed by atoms with E-state index in [1.54, 1.807) is 0 Å². The number of ketones is 1. The van der Waals surface area contributed by atoms with Crippen LogP contribution in [0.3, 0.4) is 0 Å². The molecule has 7 unspecified atom stereocenters. The van der Waals surface area contributed by atoms with Crippen molar-refractivity contribution in [3.8, 4) is 0 Å². The minimum absolute atomic E-state index is 0.136. The summed E-state index contributed by atoms with van der Waals surface area (Å²) >= 11 is 0. The fourth-order valence-corrected chi connectivity index (χ4v) is 7.74. The summed E-state index contributed by atoms with van der Waals surface area (Å²) in [5, 5.41) is 11.2. The fraction of sp³-hybridized carbons (Fsp3) is 0.952. The lowest BCUT2D eigenvalue weighted by atomic mass is 9.44. The molecule has 4 fully saturated rings. The summed E-state index contributed by atoms with van der Waals surface area (Å²) in [6, 6.07) is 0. The summed E-state index contributed by atoms with van der Waals surface area (Å²) in [7, 11) is 0. The van der Waals surface area contributed by atoms with Crippen molar-refractivity contribution in [2.75, 3.05) is 0 Å². The second-order valence-electron chi connectivity index (χ2n) is 9.78. The number of carbonyl (C=O) groups is 1. The molecular formula is C21H34O2. The summed E-state index contributed by atoms with van der Waals surface area (Å²) < 4.78 is 0. The van der Waals surface area contributed by atoms with Crippen LogP contribution in [0.25, 0.3) is 0 Å². The van der Waals surface area contributed by atoms with Gasteiger partial charge >= 0.3 is 0 Å². The lowest BCUT2D eigenvalue weighted by molar-refractivity contribution is -0.157. The zero-order valence-corrected chi connectivity index (χ0v) is 15.2. The molecule has 0 spiro atoms. The number of hydrogen-bond acceptors (Lipinski definition) is 2. The number of carbonyl (C=O) groups excluding carboxylic acids is 1. The van der Waals surface area contributed by atoms with E-state index in [1.165, 1.54) is 32.1 Å². The molecule has 0 aromatic carbocycles. The van der Waals surface area contributed by atoms with Gasteiger partial charge in [0.15, 0.2) is 0 Å². The standard InChI is InChI=1S/C21H34O2/c1-4-21(23)12-9-18-16-6-5-14-13-15(22)7-10-19(14,2)17(16)8-11-20(18,21)3/h14,16-18,23H,4-13H2,1-3H3. The quantitative estimate of drug-likeness (QED) is 0.758. The first-order valence-corrected chi connectivity index (χ1v) is 10.1. The SMILES string of the molecule is CCC1(O)CCC2C3CCC4CC(=O)CCC4(C)C3CCC21C. The molecule has 0 bridgehead atoms. The van der Waals surface area contributed by atoms with Crippen molar-refractivity contribution in [3.63, 3.8) is 0 Å². The smallest absolute Gasteiger partial charge is 0.133 e. The second-order valence-corrected chi connectivity index (χ2v) is 9.78. The molecule has 2 nitrogen and oxygen atoms in total. The van der Waals surface area contributed by atoms with Gasteiger partial charge in [-0.25, -0.2) is 0 Å². The molecule has 1 N–H and O–H groups in total. The highest BCUT2D eigenvalue weighted by Crippen LogP contribution is 2.68. The molecule has 0 amide bonds. The Hall–Kier alpha value is -0.370. The molecule has 4 aliphatic carbocycles. The topological polar surface area (TPSA) is 37.3 Å². The van der Waals surface area contributed by atoms with E-state index in [9.17, 15) is 9.90 Å². The molecule has 23 heavy (non-hydrogen) atoms. The van der Waals surface area contributed by atoms with Gasteiger partial charge in [0.25, 0.3) is 0 Å². The Balaban J connectivity index is 1.64. The Morgan fingerprint density at radius 2 is 1.78 bits per heavy atom. The van der Waals surface area contributed by atoms with Crippen molar-refractivity contribution in [2.45, 2.75) is 90.6 Å². The molecule has 4 rings (SSSR count). The third-order valence-corrected chi connectivity index (χ3v) is 9.39. The predicted molar refractivity (Wildman–Crippen MR) is 92.0 cm³/mol. The highest BCUT2D eigenvalue weighted by Gasteiger charge is 2.63. The first-order chi connectivity index (χ1) is 10.8. The first-order valence-electron chi connectivity index (χ1n) is 10.1. The van der Waals surface area contributed by atoms with E-state index in [2.05, 4.69) is 20.8 Å². The molecule has 4 aliphatic rings. The zero-order valence-electron chi connectivity index (χ0n) is 15.2. The fourth-order valence-electron chi connectivity index (χ4n) is 7.74. The van der Waals surface area contributed by atoms with E-state index in [-0.39, 0.29) is 5.41 Å². The zero-order chi connectivity index (χ0) is 16.5. The molecule has 0 aliphatic heterocycles. The van der Waals surface area contributed by atoms with E-state index in [4.69, 9.17) is 0 Å². The number of fused-ring (bicyclic) bond motifs is 5. The van der Waals surface area contributed by atoms with Crippen molar-refractivity contribution in [1.29, 1.82) is 0 Å². The van der Waals surface area contributed by atoms with Crippen LogP contribution in [0.2, 0.25) is 0 Å². The minimum Gasteiger partial charge on any atom is -0.389 e. The van der Waals surface area contributed by atoms with Crippen LogP contribution >= 0.6 is 0 Å². The van der Waals surface area contributed by atoms with Crippen LogP contribution in [0.4, 0.5) is 0 Å². The third kappa shape index (κ3) is 2.00. The maximum atomic E-state index is 11.9. The van der Waals surface area contributed by atoms with Gasteiger partial charge in [0, 0.05) is 12.8 Å². The molecular weight excluding hydrogens is 284 g/mol. The average Bonchev–Trinajstić information content (AvgIpc) is 2.80. The Morgan fingerprint density at radius 3 is 2.52 bits per heavy atom. The van der Waals surface area contributed by atoms with Crippen LogP contribution in [0, 0.1) is 34.5 Å². The molecule has 0 radical (unpaired) electrons. The highest BCUT2D eigenvalue weighted by atomic mass is 16.3. The maximum Gasteiger partial charge on any atom is 0.133 e. The van der Waals surface area contributed by atoms with Gasteiger partial charge in [-0.2, -0.15) is 0 Å². The summed E-state index contributed by atoms with van der Waals surface area (Å²) in [6.45, 7) is 7.07. The summed E-state index contributed by atoms with van der Waals surface area (Å²) in [6.07, 6.45) is 11.0. The molecule has 0 aromatic rings. The molecule has 2 heteroatoms. The Bertz CT molecular complexity index is 514. The van der Waals surface area contributed by atoms with Gasteiger partial charge in [-0.3, -0.25) is 4.79 Å². The lowest BCUT2D eigenvalue weighted by Gasteiger charge is -2.61. The van der Waals surface area contributed by atoms with Gasteiger partial charge in [-0.15, -0.1) is 0 Å². The van der Waals surface area contributed by atoms with Gasteiger partial charge in [0.2, 0.25) is 0 Å². The Kier molecular flexibility index (Phi) is 3.55. The van der Waals surface area contributed by atoms with Gasteiger partial charge < -0.3 is 5.11 Å². The number of hydrogen-bond donors (Lipinski definition) is 1. The van der Waals surface area contributed by atoms with Crippen LogP contribution in [0.15, 0.2) is 0 Å². The van der Waals surface area contributed by atoms with E-state index >= 15 is 0 Å². The van der Waals surface area contributed by atoms with Crippen LogP contribution in [-0.4, -0.2) is 16.5 Å². The molecule has 0 saturated heterocycles. The molecule has 0 heterocycles. The number of aliphatic hydroxyl groups is 1. The van der Waals surface area contributed by atoms with Crippen molar-refractivity contribution < 1.29 is 9.90 Å². The number of Topliss-reactive ketones (excluding diaryl/α,β-unsaturated/α-hetero) is 1. The number of rotatable bonds is 1. The molecule has 130 valence electrons. The molecule has 0 aromatic heterocycles.